The number of nitrogens with two attached hydrogens (primary N) is 1. The minimum atomic E-state index is -0.273. The normalized spacial score (nSPS) is 15.9. The van der Waals surface area contributed by atoms with Gasteiger partial charge in [-0.1, -0.05) is 12.8 Å². The number of nitrogens with zero attached hydrogens (tertiary/aromatic N) is 1. The molecule has 2 aromatic rings. The maximum atomic E-state index is 12.3. The summed E-state index contributed by atoms with van der Waals surface area (Å²) in [5.41, 5.74) is 6.69. The number of hydrogen-bond donors (Lipinski definition) is 3. The number of anilines is 1. The third-order valence-electron chi connectivity index (χ3n) is 4.57. The van der Waals surface area contributed by atoms with Crippen molar-refractivity contribution >= 4 is 28.3 Å². The second kappa shape index (κ2) is 7.37. The Kier molecular flexibility index (Phi) is 5.19. The number of hydrogen-bond acceptors (Lipinski definition) is 6. The number of nitrogens with one attached hydrogen (secondary N) is 2. The molecule has 7 nitrogen and oxygen atoms in total. The zero-order valence-corrected chi connectivity index (χ0v) is 14.9. The Hall–Kier alpha value is -2.19. The summed E-state index contributed by atoms with van der Waals surface area (Å²) >= 11 is 1.29. The quantitative estimate of drug-likeness (QED) is 0.730. The first-order chi connectivity index (χ1) is 12.0. The molecule has 2 aromatic heterocycles. The van der Waals surface area contributed by atoms with Crippen molar-refractivity contribution in [2.75, 3.05) is 11.9 Å². The first-order valence-electron chi connectivity index (χ1n) is 8.32. The Morgan fingerprint density at radius 2 is 2.16 bits per heavy atom. The van der Waals surface area contributed by atoms with Gasteiger partial charge in [-0.2, -0.15) is 0 Å². The number of rotatable bonds is 6. The standard InChI is InChI=1S/C17H22N4O3S/c1-11-13(4-7-24-11)15(23)20-16-19-12(9-25-16)8-14(22)21-17(10-18)5-2-3-6-17/h4,7,9H,2-3,5-6,8,10,18H2,1H3,(H,21,22)(H,19,20,23). The van der Waals surface area contributed by atoms with Gasteiger partial charge in [0.2, 0.25) is 5.91 Å². The lowest BCUT2D eigenvalue weighted by molar-refractivity contribution is -0.122. The average molecular weight is 362 g/mol. The number of carbonyl (C=O) groups is 2. The number of amides is 2. The van der Waals surface area contributed by atoms with E-state index >= 15 is 0 Å². The Labute approximate surface area is 150 Å². The van der Waals surface area contributed by atoms with Crippen molar-refractivity contribution in [3.63, 3.8) is 0 Å². The number of furan rings is 1. The summed E-state index contributed by atoms with van der Waals surface area (Å²) in [5.74, 6) is 0.197. The van der Waals surface area contributed by atoms with Crippen LogP contribution in [0.4, 0.5) is 5.13 Å². The summed E-state index contributed by atoms with van der Waals surface area (Å²) in [6, 6.07) is 1.61. The molecular formula is C17H22N4O3S. The van der Waals surface area contributed by atoms with E-state index in [9.17, 15) is 9.59 Å². The fourth-order valence-electron chi connectivity index (χ4n) is 3.17. The highest BCUT2D eigenvalue weighted by molar-refractivity contribution is 7.14. The average Bonchev–Trinajstić information content (AvgIpc) is 3.30. The van der Waals surface area contributed by atoms with Gasteiger partial charge in [0.05, 0.1) is 29.5 Å². The Morgan fingerprint density at radius 3 is 2.80 bits per heavy atom. The van der Waals surface area contributed by atoms with E-state index < -0.39 is 0 Å². The molecule has 0 atom stereocenters. The zero-order chi connectivity index (χ0) is 17.9. The SMILES string of the molecule is Cc1occc1C(=O)Nc1nc(CC(=O)NC2(CN)CCCC2)cs1. The molecule has 0 aliphatic heterocycles. The highest BCUT2D eigenvalue weighted by Gasteiger charge is 2.33. The van der Waals surface area contributed by atoms with E-state index in [2.05, 4.69) is 15.6 Å². The second-order valence-corrected chi connectivity index (χ2v) is 7.26. The molecule has 4 N–H and O–H groups in total. The number of thiazole rings is 1. The van der Waals surface area contributed by atoms with Gasteiger partial charge in [0.1, 0.15) is 5.76 Å². The topological polar surface area (TPSA) is 110 Å². The Balaban J connectivity index is 1.57. The molecular weight excluding hydrogens is 340 g/mol. The minimum absolute atomic E-state index is 0.0822. The van der Waals surface area contributed by atoms with Crippen molar-refractivity contribution < 1.29 is 14.0 Å². The van der Waals surface area contributed by atoms with Crippen molar-refractivity contribution in [3.05, 3.63) is 34.7 Å². The van der Waals surface area contributed by atoms with Gasteiger partial charge < -0.3 is 15.5 Å². The van der Waals surface area contributed by atoms with Crippen LogP contribution in [0.2, 0.25) is 0 Å². The van der Waals surface area contributed by atoms with Crippen LogP contribution in [0.25, 0.3) is 0 Å². The predicted molar refractivity (Wildman–Crippen MR) is 95.6 cm³/mol. The lowest BCUT2D eigenvalue weighted by atomic mass is 9.97. The van der Waals surface area contributed by atoms with Crippen LogP contribution >= 0.6 is 11.3 Å². The van der Waals surface area contributed by atoms with Crippen LogP contribution < -0.4 is 16.4 Å². The predicted octanol–water partition coefficient (Wildman–Crippen LogP) is 2.23. The Bertz CT molecular complexity index is 762. The van der Waals surface area contributed by atoms with Crippen LogP contribution in [0, 0.1) is 6.92 Å². The molecule has 0 aromatic carbocycles. The van der Waals surface area contributed by atoms with E-state index in [0.29, 0.717) is 28.7 Å². The molecule has 3 rings (SSSR count). The van der Waals surface area contributed by atoms with Crippen molar-refractivity contribution in [2.24, 2.45) is 5.73 Å². The molecule has 0 unspecified atom stereocenters. The third-order valence-corrected chi connectivity index (χ3v) is 5.38. The second-order valence-electron chi connectivity index (χ2n) is 6.41. The molecule has 25 heavy (non-hydrogen) atoms. The molecule has 2 heterocycles. The number of aromatic nitrogens is 1. The minimum Gasteiger partial charge on any atom is -0.469 e. The van der Waals surface area contributed by atoms with Gasteiger partial charge in [-0.3, -0.25) is 14.9 Å². The molecule has 0 radical (unpaired) electrons. The highest BCUT2D eigenvalue weighted by atomic mass is 32.1. The summed E-state index contributed by atoms with van der Waals surface area (Å²) in [4.78, 5) is 28.8. The molecule has 0 spiro atoms. The van der Waals surface area contributed by atoms with Crippen molar-refractivity contribution in [3.8, 4) is 0 Å². The lowest BCUT2D eigenvalue weighted by Crippen LogP contribution is -2.52. The Morgan fingerprint density at radius 1 is 1.40 bits per heavy atom. The van der Waals surface area contributed by atoms with Gasteiger partial charge in [-0.25, -0.2) is 4.98 Å². The molecule has 1 aliphatic carbocycles. The van der Waals surface area contributed by atoms with Gasteiger partial charge in [0, 0.05) is 11.9 Å². The summed E-state index contributed by atoms with van der Waals surface area (Å²) in [5, 5.41) is 8.04. The maximum Gasteiger partial charge on any atom is 0.260 e. The van der Waals surface area contributed by atoms with Crippen LogP contribution in [0.5, 0.6) is 0 Å². The molecule has 0 bridgehead atoms. The van der Waals surface area contributed by atoms with E-state index in [4.69, 9.17) is 10.2 Å². The molecule has 1 aliphatic rings. The highest BCUT2D eigenvalue weighted by Crippen LogP contribution is 2.28. The first-order valence-corrected chi connectivity index (χ1v) is 9.20. The molecule has 134 valence electrons. The first kappa shape index (κ1) is 17.6. The lowest BCUT2D eigenvalue weighted by Gasteiger charge is -2.28. The molecule has 8 heteroatoms. The molecule has 2 amide bonds. The van der Waals surface area contributed by atoms with Gasteiger partial charge in [-0.05, 0) is 25.8 Å². The fraction of sp³-hybridized carbons (Fsp3) is 0.471. The maximum absolute atomic E-state index is 12.3. The van der Waals surface area contributed by atoms with Crippen LogP contribution in [0.3, 0.4) is 0 Å². The largest absolute Gasteiger partial charge is 0.469 e. The van der Waals surface area contributed by atoms with E-state index in [1.54, 1.807) is 18.4 Å². The van der Waals surface area contributed by atoms with Gasteiger partial charge in [-0.15, -0.1) is 11.3 Å². The molecule has 1 saturated carbocycles. The van der Waals surface area contributed by atoms with E-state index in [0.717, 1.165) is 25.7 Å². The zero-order valence-electron chi connectivity index (χ0n) is 14.1. The van der Waals surface area contributed by atoms with Crippen LogP contribution in [0.1, 0.15) is 47.5 Å². The van der Waals surface area contributed by atoms with E-state index in [-0.39, 0.29) is 23.8 Å². The summed E-state index contributed by atoms with van der Waals surface area (Å²) < 4.78 is 5.12. The van der Waals surface area contributed by atoms with Crippen molar-refractivity contribution in [2.45, 2.75) is 44.6 Å². The molecule has 1 fully saturated rings. The van der Waals surface area contributed by atoms with Gasteiger partial charge >= 0.3 is 0 Å². The van der Waals surface area contributed by atoms with E-state index in [1.165, 1.54) is 17.6 Å². The smallest absolute Gasteiger partial charge is 0.260 e. The van der Waals surface area contributed by atoms with Crippen LogP contribution in [0.15, 0.2) is 22.1 Å². The van der Waals surface area contributed by atoms with Gasteiger partial charge in [0.15, 0.2) is 5.13 Å². The monoisotopic (exact) mass is 362 g/mol. The fourth-order valence-corrected chi connectivity index (χ4v) is 3.87. The summed E-state index contributed by atoms with van der Waals surface area (Å²) in [6.45, 7) is 2.18. The van der Waals surface area contributed by atoms with Crippen molar-refractivity contribution in [1.82, 2.24) is 10.3 Å². The number of aryl methyl sites for hydroxylation is 1. The van der Waals surface area contributed by atoms with Crippen LogP contribution in [-0.2, 0) is 11.2 Å². The third kappa shape index (κ3) is 4.08. The summed E-state index contributed by atoms with van der Waals surface area (Å²) in [7, 11) is 0. The summed E-state index contributed by atoms with van der Waals surface area (Å²) in [6.07, 6.45) is 5.70. The van der Waals surface area contributed by atoms with Gasteiger partial charge in [0.25, 0.3) is 5.91 Å². The van der Waals surface area contributed by atoms with E-state index in [1.807, 2.05) is 0 Å². The van der Waals surface area contributed by atoms with Crippen LogP contribution in [-0.4, -0.2) is 28.9 Å². The van der Waals surface area contributed by atoms with Crippen molar-refractivity contribution in [1.29, 1.82) is 0 Å². The number of carbonyl (C=O) groups excluding carboxylic acids is 2. The molecule has 0 saturated heterocycles.